The number of hydrogen-bond donors (Lipinski definition) is 1. The lowest BCUT2D eigenvalue weighted by molar-refractivity contribution is -0.0657. The van der Waals surface area contributed by atoms with Crippen LogP contribution < -0.4 is 4.74 Å². The van der Waals surface area contributed by atoms with Crippen LogP contribution in [0, 0.1) is 17.3 Å². The summed E-state index contributed by atoms with van der Waals surface area (Å²) in [5.74, 6) is 2.03. The van der Waals surface area contributed by atoms with Crippen LogP contribution in [-0.4, -0.2) is 38.0 Å². The van der Waals surface area contributed by atoms with Crippen LogP contribution >= 0.6 is 23.2 Å². The number of benzene rings is 1. The molecule has 0 bridgehead atoms. The van der Waals surface area contributed by atoms with E-state index in [0.29, 0.717) is 56.6 Å². The molecule has 7 rings (SSSR count). The Morgan fingerprint density at radius 2 is 1.88 bits per heavy atom. The second kappa shape index (κ2) is 9.85. The quantitative estimate of drug-likeness (QED) is 0.230. The van der Waals surface area contributed by atoms with E-state index in [-0.39, 0.29) is 5.69 Å². The predicted octanol–water partition coefficient (Wildman–Crippen LogP) is 7.46. The van der Waals surface area contributed by atoms with Crippen molar-refractivity contribution in [3.05, 3.63) is 69.8 Å². The number of carboxylic acid groups (broad SMARTS) is 1. The van der Waals surface area contributed by atoms with E-state index < -0.39 is 5.97 Å². The third kappa shape index (κ3) is 4.73. The van der Waals surface area contributed by atoms with E-state index >= 15 is 0 Å². The van der Waals surface area contributed by atoms with Crippen molar-refractivity contribution in [3.63, 3.8) is 0 Å². The van der Waals surface area contributed by atoms with E-state index in [9.17, 15) is 4.79 Å². The van der Waals surface area contributed by atoms with Crippen LogP contribution in [0.1, 0.15) is 66.3 Å². The van der Waals surface area contributed by atoms with E-state index in [1.165, 1.54) is 31.7 Å². The molecule has 3 fully saturated rings. The maximum Gasteiger partial charge on any atom is 0.356 e. The number of fused-ring (bicyclic) bond motifs is 1. The third-order valence-corrected chi connectivity index (χ3v) is 9.00. The highest BCUT2D eigenvalue weighted by molar-refractivity contribution is 6.39. The second-order valence-corrected chi connectivity index (χ2v) is 12.2. The molecule has 3 aromatic heterocycles. The number of aromatic carboxylic acids is 1. The van der Waals surface area contributed by atoms with Crippen LogP contribution in [0.15, 0.2) is 47.3 Å². The van der Waals surface area contributed by atoms with Gasteiger partial charge in [0.05, 0.1) is 22.2 Å². The molecule has 3 aliphatic rings. The van der Waals surface area contributed by atoms with Crippen molar-refractivity contribution in [2.24, 2.45) is 17.3 Å². The van der Waals surface area contributed by atoms with Gasteiger partial charge in [0, 0.05) is 40.9 Å². The lowest BCUT2D eigenvalue weighted by Crippen LogP contribution is -2.48. The molecule has 204 valence electrons. The Labute approximate surface area is 240 Å². The average Bonchev–Trinajstić information content (AvgIpc) is 3.66. The van der Waals surface area contributed by atoms with Gasteiger partial charge in [-0.1, -0.05) is 40.5 Å². The molecule has 1 N–H and O–H groups in total. The first kappa shape index (κ1) is 25.5. The molecular formula is C30H26Cl2N4O4. The molecule has 3 aliphatic carbocycles. The Hall–Kier alpha value is -3.49. The molecule has 1 spiro atoms. The smallest absolute Gasteiger partial charge is 0.356 e. The first-order chi connectivity index (χ1) is 19.4. The highest BCUT2D eigenvalue weighted by Crippen LogP contribution is 2.61. The zero-order valence-electron chi connectivity index (χ0n) is 21.5. The van der Waals surface area contributed by atoms with Gasteiger partial charge in [-0.15, -0.1) is 10.2 Å². The van der Waals surface area contributed by atoms with Gasteiger partial charge in [0.15, 0.2) is 5.69 Å². The van der Waals surface area contributed by atoms with E-state index in [1.54, 1.807) is 12.4 Å². The van der Waals surface area contributed by atoms with Crippen molar-refractivity contribution in [1.29, 1.82) is 0 Å². The monoisotopic (exact) mass is 576 g/mol. The molecule has 4 aromatic rings. The number of pyridine rings is 1. The Balaban J connectivity index is 0.955. The van der Waals surface area contributed by atoms with Gasteiger partial charge in [-0.3, -0.25) is 4.98 Å². The highest BCUT2D eigenvalue weighted by Gasteiger charge is 2.52. The van der Waals surface area contributed by atoms with Gasteiger partial charge in [0.2, 0.25) is 0 Å². The fraction of sp³-hybridized carbons (Fsp3) is 0.367. The summed E-state index contributed by atoms with van der Waals surface area (Å²) in [5.41, 5.74) is 3.31. The fourth-order valence-electron chi connectivity index (χ4n) is 6.39. The first-order valence-electron chi connectivity index (χ1n) is 13.5. The number of carboxylic acids is 1. The van der Waals surface area contributed by atoms with Gasteiger partial charge >= 0.3 is 5.97 Å². The van der Waals surface area contributed by atoms with Crippen LogP contribution in [0.5, 0.6) is 5.75 Å². The van der Waals surface area contributed by atoms with Crippen LogP contribution in [0.2, 0.25) is 10.0 Å². The summed E-state index contributed by atoms with van der Waals surface area (Å²) in [6.45, 7) is 0.663. The van der Waals surface area contributed by atoms with Crippen LogP contribution in [-0.2, 0) is 0 Å². The maximum atomic E-state index is 11.1. The van der Waals surface area contributed by atoms with Crippen molar-refractivity contribution in [2.75, 3.05) is 6.61 Å². The summed E-state index contributed by atoms with van der Waals surface area (Å²) >= 11 is 12.9. The SMILES string of the molecule is O=C(O)c1cc2ccc(OCC3CC4(CC(/C=C/c5c(-c6c(Cl)cncc6Cl)noc5C5CC5)C4)C3)cc2nn1. The van der Waals surface area contributed by atoms with Gasteiger partial charge in [-0.05, 0) is 74.0 Å². The molecule has 0 unspecified atom stereocenters. The lowest BCUT2D eigenvalue weighted by Gasteiger charge is -2.57. The first-order valence-corrected chi connectivity index (χ1v) is 14.2. The van der Waals surface area contributed by atoms with Gasteiger partial charge in [-0.2, -0.15) is 0 Å². The van der Waals surface area contributed by atoms with Crippen molar-refractivity contribution in [1.82, 2.24) is 20.3 Å². The molecule has 3 saturated carbocycles. The average molecular weight is 577 g/mol. The normalized spacial score (nSPS) is 23.9. The molecule has 8 nitrogen and oxygen atoms in total. The second-order valence-electron chi connectivity index (χ2n) is 11.4. The summed E-state index contributed by atoms with van der Waals surface area (Å²) in [6, 6.07) is 7.01. The number of allylic oxidation sites excluding steroid dienone is 1. The molecule has 1 aromatic carbocycles. The van der Waals surface area contributed by atoms with Gasteiger partial charge in [0.1, 0.15) is 17.2 Å². The topological polar surface area (TPSA) is 111 Å². The Morgan fingerprint density at radius 1 is 1.10 bits per heavy atom. The molecule has 0 saturated heterocycles. The van der Waals surface area contributed by atoms with Crippen LogP contribution in [0.4, 0.5) is 0 Å². The number of ether oxygens (including phenoxy) is 1. The molecular weight excluding hydrogens is 551 g/mol. The number of nitrogens with zero attached hydrogens (tertiary/aromatic N) is 4. The molecule has 3 heterocycles. The van der Waals surface area contributed by atoms with Crippen LogP contribution in [0.3, 0.4) is 0 Å². The van der Waals surface area contributed by atoms with Crippen LogP contribution in [0.25, 0.3) is 28.2 Å². The largest absolute Gasteiger partial charge is 0.493 e. The summed E-state index contributed by atoms with van der Waals surface area (Å²) in [5, 5.41) is 22.9. The summed E-state index contributed by atoms with van der Waals surface area (Å²) in [7, 11) is 0. The number of rotatable bonds is 8. The number of halogens is 2. The van der Waals surface area contributed by atoms with Crippen molar-refractivity contribution in [2.45, 2.75) is 44.4 Å². The molecule has 10 heteroatoms. The van der Waals surface area contributed by atoms with Gasteiger partial charge < -0.3 is 14.4 Å². The Bertz CT molecular complexity index is 1630. The molecule has 0 radical (unpaired) electrons. The minimum absolute atomic E-state index is 0.0673. The third-order valence-electron chi connectivity index (χ3n) is 8.43. The fourth-order valence-corrected chi connectivity index (χ4v) is 6.93. The van der Waals surface area contributed by atoms with E-state index in [1.807, 2.05) is 18.2 Å². The number of aromatic nitrogens is 4. The predicted molar refractivity (Wildman–Crippen MR) is 151 cm³/mol. The maximum absolute atomic E-state index is 11.1. The standard InChI is InChI=1S/C30H26Cl2N4O4/c31-22-13-33-14-23(32)26(22)27-21(28(40-36-27)18-2-3-18)6-1-16-9-30(10-16)11-17(12-30)15-39-20-5-4-19-7-25(29(37)38)35-34-24(19)8-20/h1,4-8,13-14,16-18H,2-3,9-12,15H2,(H,37,38)/b6-1+. The summed E-state index contributed by atoms with van der Waals surface area (Å²) < 4.78 is 11.8. The minimum Gasteiger partial charge on any atom is -0.493 e. The minimum atomic E-state index is -1.09. The van der Waals surface area contributed by atoms with Gasteiger partial charge in [-0.25, -0.2) is 4.79 Å². The zero-order valence-corrected chi connectivity index (χ0v) is 23.0. The van der Waals surface area contributed by atoms with E-state index in [2.05, 4.69) is 32.5 Å². The molecule has 0 amide bonds. The highest BCUT2D eigenvalue weighted by atomic mass is 35.5. The van der Waals surface area contributed by atoms with E-state index in [0.717, 1.165) is 35.3 Å². The van der Waals surface area contributed by atoms with Crippen molar-refractivity contribution >= 4 is 46.2 Å². The van der Waals surface area contributed by atoms with Gasteiger partial charge in [0.25, 0.3) is 0 Å². The summed E-state index contributed by atoms with van der Waals surface area (Å²) in [6.07, 6.45) is 14.5. The van der Waals surface area contributed by atoms with Crippen molar-refractivity contribution in [3.8, 4) is 17.0 Å². The zero-order chi connectivity index (χ0) is 27.4. The van der Waals surface area contributed by atoms with E-state index in [4.69, 9.17) is 37.6 Å². The molecule has 0 aliphatic heterocycles. The molecule has 0 atom stereocenters. The Kier molecular flexibility index (Phi) is 6.28. The van der Waals surface area contributed by atoms with Crippen molar-refractivity contribution < 1.29 is 19.2 Å². The number of carbonyl (C=O) groups is 1. The molecule has 40 heavy (non-hydrogen) atoms. The number of hydrogen-bond acceptors (Lipinski definition) is 7. The summed E-state index contributed by atoms with van der Waals surface area (Å²) in [4.78, 5) is 15.2. The lowest BCUT2D eigenvalue weighted by atomic mass is 9.48. The Morgan fingerprint density at radius 3 is 2.60 bits per heavy atom.